The standard InChI is InChI=1S/C26H29ClF2N6O4S/c1-40(30,37)20-10-12-34(16-20)24-21(22-9-11-32-35(22)23-4-2-3-13-38-23)14-17(15-31-24)25(36)33-18-5-7-19(8-6-18)39-26(27,28)29/h5-9,11,14-15,20,23,30H,2-4,10,12-13,16H2,1H3,(H,33,36)/t20-,23?,40?/m1/s1. The van der Waals surface area contributed by atoms with E-state index in [0.29, 0.717) is 43.2 Å². The highest BCUT2D eigenvalue weighted by Gasteiger charge is 2.32. The van der Waals surface area contributed by atoms with Gasteiger partial charge in [0.25, 0.3) is 5.91 Å². The van der Waals surface area contributed by atoms with Crippen molar-refractivity contribution in [3.8, 4) is 17.0 Å². The van der Waals surface area contributed by atoms with Crippen molar-refractivity contribution in [2.75, 3.05) is 36.2 Å². The number of pyridine rings is 1. The van der Waals surface area contributed by atoms with Gasteiger partial charge in [-0.15, -0.1) is 8.78 Å². The van der Waals surface area contributed by atoms with Crippen molar-refractivity contribution >= 4 is 38.7 Å². The van der Waals surface area contributed by atoms with Crippen LogP contribution in [-0.4, -0.2) is 61.7 Å². The van der Waals surface area contributed by atoms with E-state index in [1.165, 1.54) is 36.7 Å². The minimum atomic E-state index is -3.84. The van der Waals surface area contributed by atoms with Crippen molar-refractivity contribution in [1.29, 1.82) is 4.78 Å². The Balaban J connectivity index is 1.45. The summed E-state index contributed by atoms with van der Waals surface area (Å²) in [6, 6.07) is 8.93. The van der Waals surface area contributed by atoms with Gasteiger partial charge in [0.2, 0.25) is 0 Å². The topological polar surface area (TPSA) is 122 Å². The summed E-state index contributed by atoms with van der Waals surface area (Å²) in [6.07, 6.45) is 7.72. The summed E-state index contributed by atoms with van der Waals surface area (Å²) in [6.45, 7) is 1.62. The van der Waals surface area contributed by atoms with Crippen LogP contribution in [0.4, 0.5) is 20.3 Å². The Labute approximate surface area is 235 Å². The fourth-order valence-electron chi connectivity index (χ4n) is 4.93. The van der Waals surface area contributed by atoms with Gasteiger partial charge in [0.15, 0.2) is 6.23 Å². The summed E-state index contributed by atoms with van der Waals surface area (Å²) in [7, 11) is -2.73. The molecule has 1 aromatic carbocycles. The molecule has 3 atom stereocenters. The molecule has 2 aliphatic rings. The molecule has 214 valence electrons. The number of anilines is 2. The van der Waals surface area contributed by atoms with Crippen molar-refractivity contribution < 1.29 is 27.3 Å². The molecule has 40 heavy (non-hydrogen) atoms. The third-order valence-corrected chi connectivity index (χ3v) is 8.66. The van der Waals surface area contributed by atoms with E-state index in [-0.39, 0.29) is 22.8 Å². The van der Waals surface area contributed by atoms with Crippen molar-refractivity contribution in [3.05, 3.63) is 54.4 Å². The highest BCUT2D eigenvalue weighted by Crippen LogP contribution is 2.36. The molecule has 0 aliphatic carbocycles. The molecule has 0 bridgehead atoms. The highest BCUT2D eigenvalue weighted by molar-refractivity contribution is 7.92. The Bertz CT molecular complexity index is 1470. The number of alkyl halides is 3. The molecule has 0 saturated carbocycles. The number of carbonyl (C=O) groups excluding carboxylic acids is 1. The molecule has 1 amide bonds. The van der Waals surface area contributed by atoms with Gasteiger partial charge >= 0.3 is 5.57 Å². The fourth-order valence-corrected chi connectivity index (χ4v) is 6.04. The first-order valence-electron chi connectivity index (χ1n) is 12.8. The Hall–Kier alpha value is -3.29. The van der Waals surface area contributed by atoms with Gasteiger partial charge in [-0.05, 0) is 62.1 Å². The minimum absolute atomic E-state index is 0.155. The van der Waals surface area contributed by atoms with Gasteiger partial charge in [0.1, 0.15) is 11.6 Å². The summed E-state index contributed by atoms with van der Waals surface area (Å²) in [5.41, 5.74) is -1.84. The molecule has 0 spiro atoms. The van der Waals surface area contributed by atoms with E-state index < -0.39 is 21.2 Å². The fraction of sp³-hybridized carbons (Fsp3) is 0.423. The lowest BCUT2D eigenvalue weighted by Gasteiger charge is -2.26. The molecule has 14 heteroatoms. The maximum Gasteiger partial charge on any atom is 0.487 e. The lowest BCUT2D eigenvalue weighted by atomic mass is 10.1. The molecule has 2 unspecified atom stereocenters. The average Bonchev–Trinajstić information content (AvgIpc) is 3.60. The summed E-state index contributed by atoms with van der Waals surface area (Å²) in [4.78, 5) is 19.8. The van der Waals surface area contributed by atoms with Gasteiger partial charge in [-0.1, -0.05) is 0 Å². The molecule has 2 N–H and O–H groups in total. The van der Waals surface area contributed by atoms with E-state index in [2.05, 4.69) is 20.1 Å². The maximum absolute atomic E-state index is 13.2. The molecule has 2 aromatic heterocycles. The SMILES string of the molecule is CS(=N)(=O)[C@@H]1CCN(c2ncc(C(=O)Nc3ccc(OC(F)(F)Cl)cc3)cc2-c2ccnn2C2CCCCO2)C1. The molecule has 5 rings (SSSR count). The minimum Gasteiger partial charge on any atom is -0.420 e. The monoisotopic (exact) mass is 594 g/mol. The second kappa shape index (κ2) is 11.3. The second-order valence-corrected chi connectivity index (χ2v) is 12.8. The number of benzene rings is 1. The van der Waals surface area contributed by atoms with Gasteiger partial charge < -0.3 is 19.7 Å². The average molecular weight is 595 g/mol. The molecular formula is C26H29ClF2N6O4S. The molecule has 2 aliphatic heterocycles. The first-order chi connectivity index (χ1) is 19.0. The van der Waals surface area contributed by atoms with E-state index >= 15 is 0 Å². The third kappa shape index (κ3) is 6.53. The largest absolute Gasteiger partial charge is 0.487 e. The molecule has 4 heterocycles. The first kappa shape index (κ1) is 28.2. The zero-order valence-electron chi connectivity index (χ0n) is 21.7. The summed E-state index contributed by atoms with van der Waals surface area (Å²) in [5, 5.41) is 6.96. The molecule has 3 aromatic rings. The number of nitrogens with zero attached hydrogens (tertiary/aromatic N) is 4. The highest BCUT2D eigenvalue weighted by atomic mass is 35.5. The van der Waals surface area contributed by atoms with Crippen molar-refractivity contribution in [3.63, 3.8) is 0 Å². The number of hydrogen-bond acceptors (Lipinski definition) is 8. The second-order valence-electron chi connectivity index (χ2n) is 9.86. The van der Waals surface area contributed by atoms with Gasteiger partial charge in [-0.3, -0.25) is 9.57 Å². The van der Waals surface area contributed by atoms with E-state index in [1.54, 1.807) is 16.9 Å². The number of hydrogen-bond donors (Lipinski definition) is 2. The van der Waals surface area contributed by atoms with Crippen LogP contribution in [-0.2, 0) is 14.5 Å². The van der Waals surface area contributed by atoms with Crippen LogP contribution < -0.4 is 15.0 Å². The Morgan fingerprint density at radius 2 is 2.02 bits per heavy atom. The molecule has 2 fully saturated rings. The van der Waals surface area contributed by atoms with E-state index in [0.717, 1.165) is 25.0 Å². The number of ether oxygens (including phenoxy) is 2. The first-order valence-corrected chi connectivity index (χ1v) is 15.2. The zero-order chi connectivity index (χ0) is 28.5. The number of amides is 1. The third-order valence-electron chi connectivity index (χ3n) is 6.93. The lowest BCUT2D eigenvalue weighted by Crippen LogP contribution is -2.27. The van der Waals surface area contributed by atoms with Crippen LogP contribution in [0.1, 0.15) is 42.3 Å². The van der Waals surface area contributed by atoms with E-state index in [9.17, 15) is 17.8 Å². The molecule has 0 radical (unpaired) electrons. The summed E-state index contributed by atoms with van der Waals surface area (Å²) >= 11 is 4.81. The van der Waals surface area contributed by atoms with Gasteiger partial charge in [-0.2, -0.15) is 5.10 Å². The quantitative estimate of drug-likeness (QED) is 0.338. The Morgan fingerprint density at radius 1 is 1.25 bits per heavy atom. The number of aromatic nitrogens is 3. The van der Waals surface area contributed by atoms with E-state index in [1.807, 2.05) is 11.0 Å². The lowest BCUT2D eigenvalue weighted by molar-refractivity contribution is -0.0964. The predicted octanol–water partition coefficient (Wildman–Crippen LogP) is 5.32. The van der Waals surface area contributed by atoms with Crippen LogP contribution >= 0.6 is 11.6 Å². The summed E-state index contributed by atoms with van der Waals surface area (Å²) < 4.78 is 58.3. The number of halogens is 3. The number of nitrogens with one attached hydrogen (secondary N) is 2. The van der Waals surface area contributed by atoms with E-state index in [4.69, 9.17) is 21.1 Å². The maximum atomic E-state index is 13.2. The zero-order valence-corrected chi connectivity index (χ0v) is 23.3. The molecule has 10 nitrogen and oxygen atoms in total. The Kier molecular flexibility index (Phi) is 7.98. The van der Waals surface area contributed by atoms with Crippen molar-refractivity contribution in [2.45, 2.75) is 42.7 Å². The van der Waals surface area contributed by atoms with Gasteiger partial charge in [0.05, 0.1) is 16.5 Å². The van der Waals surface area contributed by atoms with Crippen molar-refractivity contribution in [2.24, 2.45) is 0 Å². The smallest absolute Gasteiger partial charge is 0.420 e. The van der Waals surface area contributed by atoms with Gasteiger partial charge in [0, 0.05) is 70.9 Å². The van der Waals surface area contributed by atoms with Crippen LogP contribution in [0.5, 0.6) is 5.75 Å². The summed E-state index contributed by atoms with van der Waals surface area (Å²) in [5.74, 6) is -0.0143. The molecular weight excluding hydrogens is 566 g/mol. The van der Waals surface area contributed by atoms with Crippen LogP contribution in [0.25, 0.3) is 11.3 Å². The Morgan fingerprint density at radius 3 is 2.67 bits per heavy atom. The normalized spacial score (nSPS) is 21.1. The van der Waals surface area contributed by atoms with Crippen LogP contribution in [0.15, 0.2) is 48.8 Å². The number of carbonyl (C=O) groups is 1. The van der Waals surface area contributed by atoms with Crippen LogP contribution in [0.2, 0.25) is 0 Å². The van der Waals surface area contributed by atoms with Crippen LogP contribution in [0, 0.1) is 4.78 Å². The predicted molar refractivity (Wildman–Crippen MR) is 148 cm³/mol. The van der Waals surface area contributed by atoms with Crippen molar-refractivity contribution in [1.82, 2.24) is 14.8 Å². The molecule has 2 saturated heterocycles. The van der Waals surface area contributed by atoms with Gasteiger partial charge in [-0.25, -0.2) is 13.9 Å². The van der Waals surface area contributed by atoms with Crippen LogP contribution in [0.3, 0.4) is 0 Å². The number of rotatable bonds is 8.